The summed E-state index contributed by atoms with van der Waals surface area (Å²) in [6.45, 7) is 4.38. The average molecular weight is 304 g/mol. The van der Waals surface area contributed by atoms with E-state index in [1.807, 2.05) is 37.3 Å². The second kappa shape index (κ2) is 10.2. The number of rotatable bonds is 10. The molecule has 1 aromatic rings. The van der Waals surface area contributed by atoms with E-state index in [4.69, 9.17) is 5.11 Å². The van der Waals surface area contributed by atoms with Crippen molar-refractivity contribution in [3.05, 3.63) is 47.5 Å². The number of carbonyl (C=O) groups is 1. The smallest absolute Gasteiger partial charge is 0.307 e. The van der Waals surface area contributed by atoms with Crippen LogP contribution < -0.4 is 0 Å². The van der Waals surface area contributed by atoms with Crippen molar-refractivity contribution in [3.8, 4) is 0 Å². The zero-order chi connectivity index (χ0) is 16.4. The van der Waals surface area contributed by atoms with Crippen molar-refractivity contribution in [2.45, 2.75) is 46.0 Å². The minimum Gasteiger partial charge on any atom is -0.481 e. The van der Waals surface area contributed by atoms with Crippen molar-refractivity contribution in [2.24, 2.45) is 11.8 Å². The molecule has 0 radical (unpaired) electrons. The third kappa shape index (κ3) is 7.41. The van der Waals surface area contributed by atoms with Crippen LogP contribution >= 0.6 is 0 Å². The Bertz CT molecular complexity index is 465. The first kappa shape index (κ1) is 18.4. The van der Waals surface area contributed by atoms with Crippen LogP contribution in [0.1, 0.15) is 45.1 Å². The summed E-state index contributed by atoms with van der Waals surface area (Å²) in [6, 6.07) is 9.79. The fraction of sp³-hybridized carbons (Fsp3) is 0.526. The highest BCUT2D eigenvalue weighted by atomic mass is 16.4. The van der Waals surface area contributed by atoms with E-state index in [0.717, 1.165) is 30.4 Å². The van der Waals surface area contributed by atoms with Crippen LogP contribution in [0.15, 0.2) is 42.0 Å². The van der Waals surface area contributed by atoms with E-state index in [0.29, 0.717) is 18.8 Å². The van der Waals surface area contributed by atoms with Crippen LogP contribution in [0.4, 0.5) is 0 Å². The van der Waals surface area contributed by atoms with Gasteiger partial charge in [-0.25, -0.2) is 0 Å². The summed E-state index contributed by atoms with van der Waals surface area (Å²) >= 11 is 0. The Morgan fingerprint density at radius 3 is 2.50 bits per heavy atom. The fourth-order valence-electron chi connectivity index (χ4n) is 2.60. The maximum Gasteiger partial charge on any atom is 0.307 e. The van der Waals surface area contributed by atoms with Gasteiger partial charge in [-0.2, -0.15) is 0 Å². The highest BCUT2D eigenvalue weighted by Gasteiger charge is 2.18. The lowest BCUT2D eigenvalue weighted by molar-refractivity contribution is -0.141. The number of hydrogen-bond donors (Lipinski definition) is 2. The standard InChI is InChI=1S/C19H28O3/c1-15(11-12-20)7-6-8-16(2)13-18(19(21)22)14-17-9-4-3-5-10-17/h3-5,8-10,15,18,20H,6-7,11-14H2,1-2H3,(H,21,22)/b16-8+/t15-,18?/m0/s1. The van der Waals surface area contributed by atoms with E-state index in [1.54, 1.807) is 0 Å². The molecule has 1 rings (SSSR count). The van der Waals surface area contributed by atoms with Crippen LogP contribution in [0.2, 0.25) is 0 Å². The summed E-state index contributed by atoms with van der Waals surface area (Å²) in [6.07, 6.45) is 6.13. The van der Waals surface area contributed by atoms with Gasteiger partial charge >= 0.3 is 5.97 Å². The van der Waals surface area contributed by atoms with Crippen LogP contribution in [0.3, 0.4) is 0 Å². The Kier molecular flexibility index (Phi) is 8.53. The topological polar surface area (TPSA) is 57.5 Å². The molecule has 0 aliphatic heterocycles. The lowest BCUT2D eigenvalue weighted by Crippen LogP contribution is -2.17. The third-order valence-electron chi connectivity index (χ3n) is 4.02. The molecule has 122 valence electrons. The molecule has 0 saturated carbocycles. The van der Waals surface area contributed by atoms with Crippen molar-refractivity contribution >= 4 is 5.97 Å². The Balaban J connectivity index is 2.50. The Morgan fingerprint density at radius 1 is 1.23 bits per heavy atom. The molecule has 2 N–H and O–H groups in total. The van der Waals surface area contributed by atoms with Gasteiger partial charge in [-0.3, -0.25) is 4.79 Å². The van der Waals surface area contributed by atoms with Gasteiger partial charge in [0.25, 0.3) is 0 Å². The first-order chi connectivity index (χ1) is 10.5. The summed E-state index contributed by atoms with van der Waals surface area (Å²) in [5, 5.41) is 18.3. The lowest BCUT2D eigenvalue weighted by Gasteiger charge is -2.13. The summed E-state index contributed by atoms with van der Waals surface area (Å²) in [4.78, 5) is 11.5. The first-order valence-electron chi connectivity index (χ1n) is 8.06. The molecule has 0 aromatic heterocycles. The minimum atomic E-state index is -0.731. The molecule has 1 aromatic carbocycles. The predicted molar refractivity (Wildman–Crippen MR) is 89.7 cm³/mol. The number of carboxylic acid groups (broad SMARTS) is 1. The van der Waals surface area contributed by atoms with Crippen molar-refractivity contribution in [1.29, 1.82) is 0 Å². The van der Waals surface area contributed by atoms with Crippen LogP contribution in [0, 0.1) is 11.8 Å². The molecular weight excluding hydrogens is 276 g/mol. The van der Waals surface area contributed by atoms with E-state index < -0.39 is 5.97 Å². The number of aliphatic hydroxyl groups is 1. The molecule has 0 aliphatic carbocycles. The molecule has 0 aliphatic rings. The summed E-state index contributed by atoms with van der Waals surface area (Å²) in [7, 11) is 0. The molecule has 0 saturated heterocycles. The minimum absolute atomic E-state index is 0.238. The summed E-state index contributed by atoms with van der Waals surface area (Å²) in [5.41, 5.74) is 2.21. The van der Waals surface area contributed by atoms with Crippen LogP contribution in [0.5, 0.6) is 0 Å². The van der Waals surface area contributed by atoms with E-state index in [1.165, 1.54) is 0 Å². The molecule has 2 atom stereocenters. The van der Waals surface area contributed by atoms with Gasteiger partial charge in [0.1, 0.15) is 0 Å². The van der Waals surface area contributed by atoms with E-state index in [-0.39, 0.29) is 12.5 Å². The fourth-order valence-corrected chi connectivity index (χ4v) is 2.60. The second-order valence-corrected chi connectivity index (χ2v) is 6.17. The zero-order valence-electron chi connectivity index (χ0n) is 13.7. The second-order valence-electron chi connectivity index (χ2n) is 6.17. The van der Waals surface area contributed by atoms with Gasteiger partial charge in [-0.15, -0.1) is 0 Å². The number of carboxylic acids is 1. The van der Waals surface area contributed by atoms with Gasteiger partial charge in [-0.05, 0) is 50.5 Å². The van der Waals surface area contributed by atoms with Crippen molar-refractivity contribution < 1.29 is 15.0 Å². The third-order valence-corrected chi connectivity index (χ3v) is 4.02. The molecule has 0 bridgehead atoms. The molecule has 3 nitrogen and oxygen atoms in total. The summed E-state index contributed by atoms with van der Waals surface area (Å²) in [5.74, 6) is -0.590. The van der Waals surface area contributed by atoms with Gasteiger partial charge in [0.2, 0.25) is 0 Å². The average Bonchev–Trinajstić information content (AvgIpc) is 2.48. The Hall–Kier alpha value is -1.61. The first-order valence-corrected chi connectivity index (χ1v) is 8.06. The lowest BCUT2D eigenvalue weighted by atomic mass is 9.92. The number of aliphatic hydroxyl groups excluding tert-OH is 1. The predicted octanol–water partition coefficient (Wildman–Crippen LogP) is 4.07. The molecule has 0 heterocycles. The van der Waals surface area contributed by atoms with Crippen molar-refractivity contribution in [1.82, 2.24) is 0 Å². The number of allylic oxidation sites excluding steroid dienone is 2. The van der Waals surface area contributed by atoms with Gasteiger partial charge in [0, 0.05) is 6.61 Å². The largest absolute Gasteiger partial charge is 0.481 e. The van der Waals surface area contributed by atoms with Crippen LogP contribution in [-0.2, 0) is 11.2 Å². The number of aliphatic carboxylic acids is 1. The quantitative estimate of drug-likeness (QED) is 0.641. The highest BCUT2D eigenvalue weighted by molar-refractivity contribution is 5.70. The van der Waals surface area contributed by atoms with Crippen molar-refractivity contribution in [3.63, 3.8) is 0 Å². The Labute approximate surface area is 133 Å². The monoisotopic (exact) mass is 304 g/mol. The SMILES string of the molecule is C/C(=C\CC[C@H](C)CCO)CC(Cc1ccccc1)C(=O)O. The maximum atomic E-state index is 11.5. The molecule has 0 amide bonds. The Morgan fingerprint density at radius 2 is 1.91 bits per heavy atom. The normalized spacial score (nSPS) is 14.6. The van der Waals surface area contributed by atoms with Gasteiger partial charge < -0.3 is 10.2 Å². The van der Waals surface area contributed by atoms with Gasteiger partial charge in [0.05, 0.1) is 5.92 Å². The summed E-state index contributed by atoms with van der Waals surface area (Å²) < 4.78 is 0. The molecular formula is C19H28O3. The molecule has 0 spiro atoms. The van der Waals surface area contributed by atoms with E-state index in [9.17, 15) is 9.90 Å². The maximum absolute atomic E-state index is 11.5. The molecule has 0 fully saturated rings. The van der Waals surface area contributed by atoms with Crippen molar-refractivity contribution in [2.75, 3.05) is 6.61 Å². The number of benzene rings is 1. The molecule has 3 heteroatoms. The van der Waals surface area contributed by atoms with Gasteiger partial charge in [0.15, 0.2) is 0 Å². The molecule has 22 heavy (non-hydrogen) atoms. The highest BCUT2D eigenvalue weighted by Crippen LogP contribution is 2.19. The van der Waals surface area contributed by atoms with E-state index in [2.05, 4.69) is 13.0 Å². The zero-order valence-corrected chi connectivity index (χ0v) is 13.7. The molecule has 1 unspecified atom stereocenters. The van der Waals surface area contributed by atoms with Crippen LogP contribution in [0.25, 0.3) is 0 Å². The number of hydrogen-bond acceptors (Lipinski definition) is 2. The van der Waals surface area contributed by atoms with Gasteiger partial charge in [-0.1, -0.05) is 48.9 Å². The van der Waals surface area contributed by atoms with E-state index >= 15 is 0 Å². The van der Waals surface area contributed by atoms with Crippen LogP contribution in [-0.4, -0.2) is 22.8 Å².